The molecule has 0 spiro atoms. The number of hydrogen-bond acceptors (Lipinski definition) is 6. The summed E-state index contributed by atoms with van der Waals surface area (Å²) in [6.07, 6.45) is 0. The molecule has 0 saturated carbocycles. The Morgan fingerprint density at radius 1 is 1.10 bits per heavy atom. The topological polar surface area (TPSA) is 93.0 Å². The highest BCUT2D eigenvalue weighted by Gasteiger charge is 2.32. The minimum Gasteiger partial charge on any atom is -0.490 e. The second kappa shape index (κ2) is 8.44. The Balaban J connectivity index is 1.73. The molecule has 2 aromatic rings. The van der Waals surface area contributed by atoms with Crippen LogP contribution in [-0.2, 0) is 10.0 Å². The van der Waals surface area contributed by atoms with Crippen LogP contribution in [0.3, 0.4) is 0 Å². The highest BCUT2D eigenvalue weighted by molar-refractivity contribution is 7.89. The Morgan fingerprint density at radius 3 is 2.28 bits per heavy atom. The van der Waals surface area contributed by atoms with Crippen molar-refractivity contribution in [2.45, 2.75) is 17.9 Å². The van der Waals surface area contributed by atoms with E-state index in [0.717, 1.165) is 11.6 Å². The van der Waals surface area contributed by atoms with Gasteiger partial charge >= 0.3 is 5.69 Å². The van der Waals surface area contributed by atoms with Gasteiger partial charge < -0.3 is 4.74 Å². The van der Waals surface area contributed by atoms with Crippen LogP contribution >= 0.6 is 0 Å². The van der Waals surface area contributed by atoms with Crippen molar-refractivity contribution in [3.05, 3.63) is 64.0 Å². The highest BCUT2D eigenvalue weighted by Crippen LogP contribution is 2.31. The van der Waals surface area contributed by atoms with Crippen molar-refractivity contribution in [1.82, 2.24) is 9.21 Å². The van der Waals surface area contributed by atoms with E-state index < -0.39 is 20.6 Å². The van der Waals surface area contributed by atoms with E-state index in [1.807, 2.05) is 6.92 Å². The molecule has 1 atom stereocenters. The van der Waals surface area contributed by atoms with Crippen LogP contribution in [0, 0.1) is 15.9 Å². The zero-order valence-corrected chi connectivity index (χ0v) is 16.9. The Kier molecular flexibility index (Phi) is 6.15. The largest absolute Gasteiger partial charge is 0.490 e. The third-order valence-electron chi connectivity index (χ3n) is 5.16. The quantitative estimate of drug-likeness (QED) is 0.524. The van der Waals surface area contributed by atoms with E-state index in [2.05, 4.69) is 4.90 Å². The van der Waals surface area contributed by atoms with Crippen molar-refractivity contribution in [3.63, 3.8) is 0 Å². The number of nitro groups is 1. The molecule has 1 unspecified atom stereocenters. The maximum absolute atomic E-state index is 13.1. The number of hydrogen-bond donors (Lipinski definition) is 0. The Morgan fingerprint density at radius 2 is 1.72 bits per heavy atom. The van der Waals surface area contributed by atoms with Gasteiger partial charge in [-0.2, -0.15) is 4.31 Å². The van der Waals surface area contributed by atoms with Gasteiger partial charge in [-0.05, 0) is 36.8 Å². The van der Waals surface area contributed by atoms with E-state index in [4.69, 9.17) is 4.74 Å². The lowest BCUT2D eigenvalue weighted by Gasteiger charge is -2.37. The lowest BCUT2D eigenvalue weighted by atomic mass is 10.1. The zero-order chi connectivity index (χ0) is 21.2. The molecule has 1 aliphatic rings. The molecule has 2 aromatic carbocycles. The molecule has 1 heterocycles. The maximum atomic E-state index is 13.1. The molecule has 0 aliphatic carbocycles. The summed E-state index contributed by atoms with van der Waals surface area (Å²) in [5, 5.41) is 11.2. The van der Waals surface area contributed by atoms with Gasteiger partial charge in [0.25, 0.3) is 0 Å². The number of sulfonamides is 1. The normalized spacial score (nSPS) is 17.1. The van der Waals surface area contributed by atoms with E-state index in [-0.39, 0.29) is 35.6 Å². The summed E-state index contributed by atoms with van der Waals surface area (Å²) >= 11 is 0. The molecule has 1 fully saturated rings. The molecule has 0 bridgehead atoms. The van der Waals surface area contributed by atoms with E-state index >= 15 is 0 Å². The van der Waals surface area contributed by atoms with E-state index in [1.165, 1.54) is 35.7 Å². The molecular weight excluding hydrogens is 401 g/mol. The van der Waals surface area contributed by atoms with Crippen LogP contribution in [0.25, 0.3) is 0 Å². The predicted molar refractivity (Wildman–Crippen MR) is 105 cm³/mol. The lowest BCUT2D eigenvalue weighted by Crippen LogP contribution is -2.49. The van der Waals surface area contributed by atoms with Gasteiger partial charge in [0, 0.05) is 38.3 Å². The monoisotopic (exact) mass is 423 g/mol. The number of benzene rings is 2. The molecule has 0 radical (unpaired) electrons. The second-order valence-corrected chi connectivity index (χ2v) is 8.70. The molecule has 29 heavy (non-hydrogen) atoms. The van der Waals surface area contributed by atoms with Gasteiger partial charge in [-0.15, -0.1) is 0 Å². The van der Waals surface area contributed by atoms with Gasteiger partial charge in [-0.1, -0.05) is 12.1 Å². The van der Waals surface area contributed by atoms with Crippen molar-refractivity contribution in [1.29, 1.82) is 0 Å². The highest BCUT2D eigenvalue weighted by atomic mass is 32.2. The first-order valence-corrected chi connectivity index (χ1v) is 10.5. The zero-order valence-electron chi connectivity index (χ0n) is 16.1. The first kappa shape index (κ1) is 21.2. The Bertz CT molecular complexity index is 989. The SMILES string of the molecule is COc1ccc(S(=O)(=O)N2CCN(C(C)c3ccc(F)cc3)CC2)cc1[N+](=O)[O-]. The van der Waals surface area contributed by atoms with Crippen molar-refractivity contribution in [2.75, 3.05) is 33.3 Å². The molecule has 1 saturated heterocycles. The third kappa shape index (κ3) is 4.39. The van der Waals surface area contributed by atoms with Crippen LogP contribution in [0.5, 0.6) is 5.75 Å². The summed E-state index contributed by atoms with van der Waals surface area (Å²) in [5.41, 5.74) is 0.561. The lowest BCUT2D eigenvalue weighted by molar-refractivity contribution is -0.386. The molecule has 8 nitrogen and oxygen atoms in total. The van der Waals surface area contributed by atoms with Crippen LogP contribution in [0.4, 0.5) is 10.1 Å². The van der Waals surface area contributed by atoms with Crippen LogP contribution in [0.15, 0.2) is 47.4 Å². The molecule has 0 aromatic heterocycles. The molecule has 156 valence electrons. The summed E-state index contributed by atoms with van der Waals surface area (Å²) < 4.78 is 45.3. The minimum atomic E-state index is -3.87. The van der Waals surface area contributed by atoms with Crippen LogP contribution < -0.4 is 4.74 Å². The van der Waals surface area contributed by atoms with Crippen LogP contribution in [0.1, 0.15) is 18.5 Å². The third-order valence-corrected chi connectivity index (χ3v) is 7.05. The first-order valence-electron chi connectivity index (χ1n) is 9.06. The predicted octanol–water partition coefficient (Wildman–Crippen LogP) is 2.81. The van der Waals surface area contributed by atoms with Crippen molar-refractivity contribution < 1.29 is 22.5 Å². The fourth-order valence-corrected chi connectivity index (χ4v) is 4.85. The number of halogens is 1. The van der Waals surface area contributed by atoms with Gasteiger partial charge in [0.15, 0.2) is 5.75 Å². The molecule has 0 N–H and O–H groups in total. The fraction of sp³-hybridized carbons (Fsp3) is 0.368. The average molecular weight is 423 g/mol. The van der Waals surface area contributed by atoms with Crippen molar-refractivity contribution in [2.24, 2.45) is 0 Å². The minimum absolute atomic E-state index is 0.00638. The number of ether oxygens (including phenoxy) is 1. The smallest absolute Gasteiger partial charge is 0.312 e. The molecular formula is C19H22FN3O5S. The Hall–Kier alpha value is -2.56. The van der Waals surface area contributed by atoms with E-state index in [9.17, 15) is 22.9 Å². The van der Waals surface area contributed by atoms with Crippen molar-refractivity contribution >= 4 is 15.7 Å². The first-order chi connectivity index (χ1) is 13.7. The summed E-state index contributed by atoms with van der Waals surface area (Å²) in [6.45, 7) is 3.50. The van der Waals surface area contributed by atoms with Gasteiger partial charge in [-0.3, -0.25) is 15.0 Å². The average Bonchev–Trinajstić information content (AvgIpc) is 2.73. The van der Waals surface area contributed by atoms with Crippen LogP contribution in [0.2, 0.25) is 0 Å². The van der Waals surface area contributed by atoms with E-state index in [1.54, 1.807) is 12.1 Å². The summed E-state index contributed by atoms with van der Waals surface area (Å²) in [6, 6.07) is 9.90. The van der Waals surface area contributed by atoms with Crippen LogP contribution in [-0.4, -0.2) is 55.8 Å². The molecule has 3 rings (SSSR count). The number of piperazine rings is 1. The number of rotatable bonds is 6. The van der Waals surface area contributed by atoms with Gasteiger partial charge in [0.1, 0.15) is 5.82 Å². The molecule has 10 heteroatoms. The van der Waals surface area contributed by atoms with Gasteiger partial charge in [0.2, 0.25) is 10.0 Å². The van der Waals surface area contributed by atoms with E-state index in [0.29, 0.717) is 13.1 Å². The number of nitro benzene ring substituents is 1. The number of methoxy groups -OCH3 is 1. The van der Waals surface area contributed by atoms with Gasteiger partial charge in [0.05, 0.1) is 16.9 Å². The standard InChI is InChI=1S/C19H22FN3O5S/c1-14(15-3-5-16(20)6-4-15)21-9-11-22(12-10-21)29(26,27)17-7-8-19(28-2)18(13-17)23(24)25/h3-8,13-14H,9-12H2,1-2H3. The van der Waals surface area contributed by atoms with Crippen molar-refractivity contribution in [3.8, 4) is 5.75 Å². The molecule has 0 amide bonds. The second-order valence-electron chi connectivity index (χ2n) is 6.76. The van der Waals surface area contributed by atoms with Gasteiger partial charge in [-0.25, -0.2) is 12.8 Å². The summed E-state index contributed by atoms with van der Waals surface area (Å²) in [7, 11) is -2.58. The molecule has 1 aliphatic heterocycles. The Labute approximate surface area is 168 Å². The number of nitrogens with zero attached hydrogens (tertiary/aromatic N) is 3. The maximum Gasteiger partial charge on any atom is 0.312 e. The summed E-state index contributed by atoms with van der Waals surface area (Å²) in [4.78, 5) is 12.5. The summed E-state index contributed by atoms with van der Waals surface area (Å²) in [5.74, 6) is -0.294. The fourth-order valence-electron chi connectivity index (χ4n) is 3.41.